The molecule has 0 saturated heterocycles. The molecule has 5 nitrogen and oxygen atoms in total. The predicted molar refractivity (Wildman–Crippen MR) is 57.9 cm³/mol. The quantitative estimate of drug-likeness (QED) is 0.779. The predicted octanol–water partition coefficient (Wildman–Crippen LogP) is 0.656. The zero-order chi connectivity index (χ0) is 12.3. The highest BCUT2D eigenvalue weighted by Gasteiger charge is 2.25. The Balaban J connectivity index is 4.50. The first-order valence-corrected chi connectivity index (χ1v) is 6.64. The number of rotatable bonds is 4. The van der Waals surface area contributed by atoms with Crippen molar-refractivity contribution in [3.05, 3.63) is 0 Å². The normalized spacial score (nSPS) is 14.7. The molecule has 0 rings (SSSR count). The topological polar surface area (TPSA) is 72.5 Å². The molecule has 0 aliphatic heterocycles. The monoisotopic (exact) mass is 237 g/mol. The highest BCUT2D eigenvalue weighted by Crippen LogP contribution is 2.13. The van der Waals surface area contributed by atoms with Crippen LogP contribution in [0.25, 0.3) is 0 Å². The average Bonchev–Trinajstić information content (AvgIpc) is 1.94. The third kappa shape index (κ3) is 7.33. The molecule has 0 aliphatic carbocycles. The van der Waals surface area contributed by atoms with E-state index >= 15 is 0 Å². The van der Waals surface area contributed by atoms with E-state index < -0.39 is 27.6 Å². The Hall–Kier alpha value is -0.620. The Labute approximate surface area is 91.2 Å². The standard InChI is InChI=1S/C9H19NO4S/c1-6-7(14-9(2,3)4)8(11)10-15(5,12)13/h7H,6H2,1-5H3,(H,10,11). The van der Waals surface area contributed by atoms with Gasteiger partial charge in [0.05, 0.1) is 11.9 Å². The van der Waals surface area contributed by atoms with Crippen molar-refractivity contribution in [1.82, 2.24) is 4.72 Å². The Kier molecular flexibility index (Phi) is 4.73. The van der Waals surface area contributed by atoms with E-state index in [4.69, 9.17) is 4.74 Å². The molecule has 1 unspecified atom stereocenters. The van der Waals surface area contributed by atoms with Crippen LogP contribution in [-0.2, 0) is 19.6 Å². The molecule has 0 aliphatic rings. The fraction of sp³-hybridized carbons (Fsp3) is 0.889. The summed E-state index contributed by atoms with van der Waals surface area (Å²) in [6.45, 7) is 7.19. The summed E-state index contributed by atoms with van der Waals surface area (Å²) in [4.78, 5) is 11.5. The maximum atomic E-state index is 11.5. The van der Waals surface area contributed by atoms with E-state index in [2.05, 4.69) is 0 Å². The molecule has 6 heteroatoms. The molecule has 1 N–H and O–H groups in total. The molecule has 1 atom stereocenters. The molecule has 1 amide bonds. The van der Waals surface area contributed by atoms with Crippen LogP contribution in [0.3, 0.4) is 0 Å². The van der Waals surface area contributed by atoms with E-state index in [1.54, 1.807) is 6.92 Å². The van der Waals surface area contributed by atoms with Gasteiger partial charge in [-0.2, -0.15) is 0 Å². The smallest absolute Gasteiger partial charge is 0.262 e. The van der Waals surface area contributed by atoms with Gasteiger partial charge >= 0.3 is 0 Å². The van der Waals surface area contributed by atoms with Gasteiger partial charge in [0, 0.05) is 0 Å². The summed E-state index contributed by atoms with van der Waals surface area (Å²) >= 11 is 0. The van der Waals surface area contributed by atoms with Crippen LogP contribution in [0.15, 0.2) is 0 Å². The number of amides is 1. The van der Waals surface area contributed by atoms with Crippen LogP contribution >= 0.6 is 0 Å². The highest BCUT2D eigenvalue weighted by molar-refractivity contribution is 7.89. The van der Waals surface area contributed by atoms with Crippen molar-refractivity contribution in [2.75, 3.05) is 6.26 Å². The maximum absolute atomic E-state index is 11.5. The summed E-state index contributed by atoms with van der Waals surface area (Å²) in [6.07, 6.45) is 0.632. The fourth-order valence-corrected chi connectivity index (χ4v) is 1.49. The number of ether oxygens (including phenoxy) is 1. The second-order valence-corrected chi connectivity index (χ2v) is 6.11. The summed E-state index contributed by atoms with van der Waals surface area (Å²) in [5.74, 6) is -0.616. The van der Waals surface area contributed by atoms with Gasteiger partial charge in [-0.15, -0.1) is 0 Å². The largest absolute Gasteiger partial charge is 0.363 e. The lowest BCUT2D eigenvalue weighted by Gasteiger charge is -2.25. The van der Waals surface area contributed by atoms with Gasteiger partial charge in [-0.1, -0.05) is 6.92 Å². The van der Waals surface area contributed by atoms with E-state index in [9.17, 15) is 13.2 Å². The van der Waals surface area contributed by atoms with Crippen LogP contribution in [0.5, 0.6) is 0 Å². The summed E-state index contributed by atoms with van der Waals surface area (Å²) in [5, 5.41) is 0. The first-order valence-electron chi connectivity index (χ1n) is 4.74. The Bertz CT molecular complexity index is 315. The van der Waals surface area contributed by atoms with Gasteiger partial charge < -0.3 is 4.74 Å². The van der Waals surface area contributed by atoms with Crippen LogP contribution in [0.1, 0.15) is 34.1 Å². The van der Waals surface area contributed by atoms with Crippen molar-refractivity contribution in [1.29, 1.82) is 0 Å². The second-order valence-electron chi connectivity index (χ2n) is 4.37. The molecule has 0 aromatic carbocycles. The molecular formula is C9H19NO4S. The first kappa shape index (κ1) is 14.4. The number of carbonyl (C=O) groups excluding carboxylic acids is 1. The minimum atomic E-state index is -3.51. The van der Waals surface area contributed by atoms with Gasteiger partial charge in [0.25, 0.3) is 5.91 Å². The van der Waals surface area contributed by atoms with E-state index in [1.165, 1.54) is 0 Å². The van der Waals surface area contributed by atoms with E-state index in [-0.39, 0.29) is 0 Å². The van der Waals surface area contributed by atoms with Crippen LogP contribution in [0.2, 0.25) is 0 Å². The minimum Gasteiger partial charge on any atom is -0.363 e. The lowest BCUT2D eigenvalue weighted by Crippen LogP contribution is -2.42. The number of hydrogen-bond acceptors (Lipinski definition) is 4. The SMILES string of the molecule is CCC(OC(C)(C)C)C(=O)NS(C)(=O)=O. The molecule has 0 heterocycles. The molecular weight excluding hydrogens is 218 g/mol. The van der Waals surface area contributed by atoms with Crippen molar-refractivity contribution in [2.24, 2.45) is 0 Å². The Morgan fingerprint density at radius 3 is 2.13 bits per heavy atom. The van der Waals surface area contributed by atoms with E-state index in [0.29, 0.717) is 6.42 Å². The van der Waals surface area contributed by atoms with Crippen LogP contribution in [0.4, 0.5) is 0 Å². The van der Waals surface area contributed by atoms with Gasteiger partial charge in [0.1, 0.15) is 6.10 Å². The van der Waals surface area contributed by atoms with Crippen molar-refractivity contribution < 1.29 is 17.9 Å². The molecule has 0 aromatic heterocycles. The lowest BCUT2D eigenvalue weighted by atomic mass is 10.1. The van der Waals surface area contributed by atoms with Gasteiger partial charge in [0.15, 0.2) is 0 Å². The molecule has 15 heavy (non-hydrogen) atoms. The summed E-state index contributed by atoms with van der Waals surface area (Å²) < 4.78 is 29.0. The van der Waals surface area contributed by atoms with Crippen LogP contribution in [0, 0.1) is 0 Å². The second kappa shape index (κ2) is 4.94. The summed E-state index contributed by atoms with van der Waals surface area (Å²) in [6, 6.07) is 0. The summed E-state index contributed by atoms with van der Waals surface area (Å²) in [5.41, 5.74) is -0.477. The summed E-state index contributed by atoms with van der Waals surface area (Å²) in [7, 11) is -3.51. The van der Waals surface area contributed by atoms with Crippen LogP contribution in [-0.4, -0.2) is 32.3 Å². The number of carbonyl (C=O) groups is 1. The molecule has 0 bridgehead atoms. The third-order valence-electron chi connectivity index (χ3n) is 1.45. The van der Waals surface area contributed by atoms with Crippen LogP contribution < -0.4 is 4.72 Å². The zero-order valence-corrected chi connectivity index (χ0v) is 10.6. The zero-order valence-electron chi connectivity index (χ0n) is 9.83. The van der Waals surface area contributed by atoms with E-state index in [0.717, 1.165) is 6.26 Å². The first-order chi connectivity index (χ1) is 6.55. The molecule has 0 spiro atoms. The van der Waals surface area contributed by atoms with Crippen molar-refractivity contribution >= 4 is 15.9 Å². The Morgan fingerprint density at radius 1 is 1.40 bits per heavy atom. The van der Waals surface area contributed by atoms with Crippen molar-refractivity contribution in [2.45, 2.75) is 45.8 Å². The number of sulfonamides is 1. The average molecular weight is 237 g/mol. The molecule has 0 radical (unpaired) electrons. The number of hydrogen-bond donors (Lipinski definition) is 1. The van der Waals surface area contributed by atoms with Gasteiger partial charge in [-0.25, -0.2) is 8.42 Å². The highest BCUT2D eigenvalue weighted by atomic mass is 32.2. The molecule has 0 saturated carbocycles. The third-order valence-corrected chi connectivity index (χ3v) is 2.02. The van der Waals surface area contributed by atoms with E-state index in [1.807, 2.05) is 25.5 Å². The Morgan fingerprint density at radius 2 is 1.87 bits per heavy atom. The number of nitrogens with one attached hydrogen (secondary N) is 1. The molecule has 0 aromatic rings. The molecule has 0 fully saturated rings. The van der Waals surface area contributed by atoms with Gasteiger partial charge in [-0.3, -0.25) is 9.52 Å². The minimum absolute atomic E-state index is 0.429. The molecule has 90 valence electrons. The van der Waals surface area contributed by atoms with Crippen molar-refractivity contribution in [3.63, 3.8) is 0 Å². The van der Waals surface area contributed by atoms with Gasteiger partial charge in [-0.05, 0) is 27.2 Å². The van der Waals surface area contributed by atoms with Gasteiger partial charge in [0.2, 0.25) is 10.0 Å². The maximum Gasteiger partial charge on any atom is 0.262 e. The lowest BCUT2D eigenvalue weighted by molar-refractivity contribution is -0.140. The van der Waals surface area contributed by atoms with Crippen molar-refractivity contribution in [3.8, 4) is 0 Å². The fourth-order valence-electron chi connectivity index (χ4n) is 0.997.